The molecule has 26 heavy (non-hydrogen) atoms. The molecule has 0 aromatic heterocycles. The van der Waals surface area contributed by atoms with Crippen LogP contribution < -0.4 is 10.6 Å². The smallest absolute Gasteiger partial charge is 0.337 e. The molecule has 1 heterocycles. The van der Waals surface area contributed by atoms with Gasteiger partial charge in [-0.25, -0.2) is 9.18 Å². The Morgan fingerprint density at radius 3 is 2.69 bits per heavy atom. The molecule has 2 aromatic rings. The number of nitrogens with two attached hydrogens (primary N) is 1. The Morgan fingerprint density at radius 2 is 2.08 bits per heavy atom. The number of nitrogens with zero attached hydrogens (tertiary/aromatic N) is 1. The number of carbonyl (C=O) groups is 2. The van der Waals surface area contributed by atoms with Crippen molar-refractivity contribution in [2.24, 2.45) is 5.73 Å². The van der Waals surface area contributed by atoms with Crippen LogP contribution in [-0.4, -0.2) is 25.5 Å². The third-order valence-electron chi connectivity index (χ3n) is 4.81. The quantitative estimate of drug-likeness (QED) is 0.832. The number of fused-ring (bicyclic) bond motifs is 1. The lowest BCUT2D eigenvalue weighted by molar-refractivity contribution is -0.122. The third kappa shape index (κ3) is 2.75. The van der Waals surface area contributed by atoms with Crippen LogP contribution in [0.5, 0.6) is 0 Å². The van der Waals surface area contributed by atoms with Crippen molar-refractivity contribution in [3.63, 3.8) is 0 Å². The molecule has 3 rings (SSSR count). The number of hydrogen-bond acceptors (Lipinski definition) is 4. The predicted octanol–water partition coefficient (Wildman–Crippen LogP) is 3.03. The number of carbonyl (C=O) groups excluding carboxylic acids is 2. The highest BCUT2D eigenvalue weighted by atomic mass is 35.5. The molecule has 136 valence electrons. The molecule has 0 saturated carbocycles. The highest BCUT2D eigenvalue weighted by Gasteiger charge is 2.47. The Hall–Kier alpha value is -2.44. The minimum absolute atomic E-state index is 0.0580. The van der Waals surface area contributed by atoms with E-state index < -0.39 is 17.2 Å². The summed E-state index contributed by atoms with van der Waals surface area (Å²) in [5.41, 5.74) is 6.61. The molecule has 0 saturated heterocycles. The van der Waals surface area contributed by atoms with Gasteiger partial charge < -0.3 is 15.4 Å². The monoisotopic (exact) mass is 376 g/mol. The zero-order chi connectivity index (χ0) is 19.1. The van der Waals surface area contributed by atoms with Crippen molar-refractivity contribution >= 4 is 29.2 Å². The summed E-state index contributed by atoms with van der Waals surface area (Å²) >= 11 is 6.12. The summed E-state index contributed by atoms with van der Waals surface area (Å²) in [4.78, 5) is 26.3. The molecular formula is C19H18ClFN2O3. The van der Waals surface area contributed by atoms with Crippen molar-refractivity contribution in [3.8, 4) is 0 Å². The van der Waals surface area contributed by atoms with Crippen LogP contribution in [0.25, 0.3) is 0 Å². The van der Waals surface area contributed by atoms with Crippen LogP contribution in [0.3, 0.4) is 0 Å². The average Bonchev–Trinajstić information content (AvgIpc) is 2.85. The second kappa shape index (κ2) is 6.70. The van der Waals surface area contributed by atoms with Gasteiger partial charge in [-0.2, -0.15) is 0 Å². The zero-order valence-electron chi connectivity index (χ0n) is 14.4. The summed E-state index contributed by atoms with van der Waals surface area (Å²) in [6.07, 6.45) is 0. The van der Waals surface area contributed by atoms with Gasteiger partial charge in [-0.1, -0.05) is 23.7 Å². The van der Waals surface area contributed by atoms with Gasteiger partial charge in [-0.3, -0.25) is 4.79 Å². The fraction of sp³-hybridized carbons (Fsp3) is 0.263. The van der Waals surface area contributed by atoms with E-state index in [1.54, 1.807) is 31.2 Å². The van der Waals surface area contributed by atoms with Gasteiger partial charge in [0.2, 0.25) is 5.91 Å². The number of methoxy groups -OCH3 is 1. The van der Waals surface area contributed by atoms with Crippen LogP contribution in [0, 0.1) is 5.82 Å². The minimum Gasteiger partial charge on any atom is -0.465 e. The molecule has 1 aliphatic heterocycles. The second-order valence-corrected chi connectivity index (χ2v) is 6.76. The number of hydrogen-bond donors (Lipinski definition) is 1. The first-order valence-corrected chi connectivity index (χ1v) is 8.39. The fourth-order valence-corrected chi connectivity index (χ4v) is 3.41. The molecule has 1 atom stereocenters. The van der Waals surface area contributed by atoms with E-state index in [4.69, 9.17) is 22.1 Å². The van der Waals surface area contributed by atoms with Crippen LogP contribution >= 0.6 is 11.6 Å². The second-order valence-electron chi connectivity index (χ2n) is 6.35. The van der Waals surface area contributed by atoms with Crippen molar-refractivity contribution in [1.29, 1.82) is 0 Å². The molecule has 0 spiro atoms. The SMILES string of the molecule is COC(=O)c1ccc2c(c1)N(Cc1c(F)cccc1Cl)C(=O)C2(C)CN. The van der Waals surface area contributed by atoms with Crippen molar-refractivity contribution in [1.82, 2.24) is 0 Å². The van der Waals surface area contributed by atoms with Gasteiger partial charge >= 0.3 is 5.97 Å². The molecule has 0 aliphatic carbocycles. The molecule has 2 N–H and O–H groups in total. The van der Waals surface area contributed by atoms with E-state index in [0.717, 1.165) is 0 Å². The van der Waals surface area contributed by atoms with Gasteiger partial charge in [0.1, 0.15) is 5.82 Å². The first-order chi connectivity index (χ1) is 12.3. The van der Waals surface area contributed by atoms with Gasteiger partial charge in [0.25, 0.3) is 0 Å². The number of ether oxygens (including phenoxy) is 1. The van der Waals surface area contributed by atoms with Gasteiger partial charge in [-0.15, -0.1) is 0 Å². The molecule has 2 aromatic carbocycles. The fourth-order valence-electron chi connectivity index (χ4n) is 3.18. The Morgan fingerprint density at radius 1 is 1.35 bits per heavy atom. The zero-order valence-corrected chi connectivity index (χ0v) is 15.1. The van der Waals surface area contributed by atoms with Crippen LogP contribution in [0.2, 0.25) is 5.02 Å². The summed E-state index contributed by atoms with van der Waals surface area (Å²) in [5, 5.41) is 0.227. The van der Waals surface area contributed by atoms with Crippen molar-refractivity contribution in [2.75, 3.05) is 18.6 Å². The highest BCUT2D eigenvalue weighted by Crippen LogP contribution is 2.43. The Kier molecular flexibility index (Phi) is 4.73. The number of amides is 1. The topological polar surface area (TPSA) is 72.6 Å². The largest absolute Gasteiger partial charge is 0.465 e. The summed E-state index contributed by atoms with van der Waals surface area (Å²) in [5.74, 6) is -1.29. The van der Waals surface area contributed by atoms with Crippen LogP contribution in [0.4, 0.5) is 10.1 Å². The Balaban J connectivity index is 2.12. The van der Waals surface area contributed by atoms with E-state index in [9.17, 15) is 14.0 Å². The van der Waals surface area contributed by atoms with Crippen molar-refractivity contribution in [3.05, 3.63) is 63.9 Å². The average molecular weight is 377 g/mol. The molecule has 0 fully saturated rings. The molecule has 7 heteroatoms. The van der Waals surface area contributed by atoms with E-state index in [0.29, 0.717) is 16.8 Å². The normalized spacial score (nSPS) is 18.8. The van der Waals surface area contributed by atoms with Crippen LogP contribution in [0.15, 0.2) is 36.4 Å². The van der Waals surface area contributed by atoms with E-state index in [-0.39, 0.29) is 29.6 Å². The highest BCUT2D eigenvalue weighted by molar-refractivity contribution is 6.31. The molecule has 0 radical (unpaired) electrons. The molecule has 1 aliphatic rings. The maximum absolute atomic E-state index is 14.2. The molecular weight excluding hydrogens is 359 g/mol. The number of halogens is 2. The van der Waals surface area contributed by atoms with Crippen LogP contribution in [-0.2, 0) is 21.5 Å². The number of anilines is 1. The molecule has 5 nitrogen and oxygen atoms in total. The molecule has 0 bridgehead atoms. The minimum atomic E-state index is -0.957. The molecule has 1 amide bonds. The van der Waals surface area contributed by atoms with Crippen molar-refractivity contribution < 1.29 is 18.7 Å². The lowest BCUT2D eigenvalue weighted by atomic mass is 9.83. The summed E-state index contributed by atoms with van der Waals surface area (Å²) < 4.78 is 19.0. The summed E-state index contributed by atoms with van der Waals surface area (Å²) in [6.45, 7) is 1.75. The van der Waals surface area contributed by atoms with Gasteiger partial charge in [-0.05, 0) is 36.8 Å². The molecule has 1 unspecified atom stereocenters. The van der Waals surface area contributed by atoms with E-state index in [2.05, 4.69) is 0 Å². The van der Waals surface area contributed by atoms with Gasteiger partial charge in [0.05, 0.1) is 24.6 Å². The Bertz CT molecular complexity index is 882. The first-order valence-electron chi connectivity index (χ1n) is 8.01. The standard InChI is InChI=1S/C19H18ClFN2O3/c1-19(10-22)13-7-6-11(17(24)26-2)8-16(13)23(18(19)25)9-12-14(20)4-3-5-15(12)21/h3-8H,9-10,22H2,1-2H3. The van der Waals surface area contributed by atoms with Gasteiger partial charge in [0.15, 0.2) is 0 Å². The third-order valence-corrected chi connectivity index (χ3v) is 5.16. The summed E-state index contributed by atoms with van der Waals surface area (Å²) in [7, 11) is 1.28. The van der Waals surface area contributed by atoms with E-state index in [1.807, 2.05) is 0 Å². The van der Waals surface area contributed by atoms with E-state index >= 15 is 0 Å². The lowest BCUT2D eigenvalue weighted by Crippen LogP contribution is -2.43. The first kappa shape index (κ1) is 18.4. The van der Waals surface area contributed by atoms with Crippen LogP contribution in [0.1, 0.15) is 28.4 Å². The maximum atomic E-state index is 14.2. The maximum Gasteiger partial charge on any atom is 0.337 e. The van der Waals surface area contributed by atoms with E-state index in [1.165, 1.54) is 24.1 Å². The Labute approximate surface area is 155 Å². The van der Waals surface area contributed by atoms with Crippen molar-refractivity contribution in [2.45, 2.75) is 18.9 Å². The predicted molar refractivity (Wildman–Crippen MR) is 96.8 cm³/mol. The summed E-state index contributed by atoms with van der Waals surface area (Å²) in [6, 6.07) is 9.19. The number of benzene rings is 2. The van der Waals surface area contributed by atoms with Gasteiger partial charge in [0, 0.05) is 22.8 Å². The number of rotatable bonds is 4. The lowest BCUT2D eigenvalue weighted by Gasteiger charge is -2.23. The number of esters is 1.